The smallest absolute Gasteiger partial charge is 0.0863 e. The van der Waals surface area contributed by atoms with E-state index >= 15 is 0 Å². The molecular weight excluding hydrogens is 236 g/mol. The van der Waals surface area contributed by atoms with Crippen molar-refractivity contribution in [1.82, 2.24) is 5.32 Å². The van der Waals surface area contributed by atoms with Crippen LogP contribution in [-0.4, -0.2) is 31.8 Å². The van der Waals surface area contributed by atoms with Gasteiger partial charge in [-0.3, -0.25) is 0 Å². The normalized spacial score (nSPS) is 33.3. The van der Waals surface area contributed by atoms with Gasteiger partial charge in [-0.1, -0.05) is 12.1 Å². The Morgan fingerprint density at radius 2 is 2.16 bits per heavy atom. The van der Waals surface area contributed by atoms with Crippen LogP contribution in [0.1, 0.15) is 36.8 Å². The van der Waals surface area contributed by atoms with Crippen molar-refractivity contribution in [3.63, 3.8) is 0 Å². The van der Waals surface area contributed by atoms with E-state index in [-0.39, 0.29) is 5.60 Å². The Morgan fingerprint density at radius 1 is 1.32 bits per heavy atom. The van der Waals surface area contributed by atoms with Gasteiger partial charge in [0, 0.05) is 43.3 Å². The van der Waals surface area contributed by atoms with Gasteiger partial charge in [0.1, 0.15) is 0 Å². The number of nitrogens with zero attached hydrogens (tertiary/aromatic N) is 1. The zero-order valence-corrected chi connectivity index (χ0v) is 11.6. The SMILES string of the molecule is CC12CNCC1c1cccc(N3CCCC3)c1CO2. The molecule has 2 unspecified atom stereocenters. The van der Waals surface area contributed by atoms with E-state index < -0.39 is 0 Å². The van der Waals surface area contributed by atoms with Crippen LogP contribution in [0.2, 0.25) is 0 Å². The minimum atomic E-state index is -0.00334. The Kier molecular flexibility index (Phi) is 2.61. The molecule has 0 aromatic heterocycles. The molecule has 3 aliphatic rings. The lowest BCUT2D eigenvalue weighted by Gasteiger charge is -2.38. The first kappa shape index (κ1) is 11.7. The van der Waals surface area contributed by atoms with E-state index in [1.807, 2.05) is 0 Å². The molecular formula is C16H22N2O. The van der Waals surface area contributed by atoms with Gasteiger partial charge in [-0.25, -0.2) is 0 Å². The maximum absolute atomic E-state index is 6.23. The second kappa shape index (κ2) is 4.22. The lowest BCUT2D eigenvalue weighted by Crippen LogP contribution is -2.40. The van der Waals surface area contributed by atoms with Crippen molar-refractivity contribution in [2.75, 3.05) is 31.1 Å². The van der Waals surface area contributed by atoms with E-state index in [1.54, 1.807) is 0 Å². The van der Waals surface area contributed by atoms with Crippen LogP contribution >= 0.6 is 0 Å². The standard InChI is InChI=1S/C16H22N2O/c1-16-11-17-9-14(16)12-5-4-6-15(13(12)10-19-16)18-7-2-3-8-18/h4-6,14,17H,2-3,7-11H2,1H3. The van der Waals surface area contributed by atoms with Crippen LogP contribution in [0.3, 0.4) is 0 Å². The summed E-state index contributed by atoms with van der Waals surface area (Å²) < 4.78 is 6.23. The van der Waals surface area contributed by atoms with Gasteiger partial charge in [0.25, 0.3) is 0 Å². The van der Waals surface area contributed by atoms with Gasteiger partial charge in [-0.2, -0.15) is 0 Å². The highest BCUT2D eigenvalue weighted by Crippen LogP contribution is 2.44. The molecule has 19 heavy (non-hydrogen) atoms. The molecule has 0 saturated carbocycles. The summed E-state index contributed by atoms with van der Waals surface area (Å²) in [5.41, 5.74) is 4.37. The zero-order chi connectivity index (χ0) is 12.9. The van der Waals surface area contributed by atoms with Crippen molar-refractivity contribution in [2.45, 2.75) is 37.9 Å². The molecule has 2 fully saturated rings. The Balaban J connectivity index is 1.77. The van der Waals surface area contributed by atoms with Crippen LogP contribution in [0.5, 0.6) is 0 Å². The van der Waals surface area contributed by atoms with Crippen LogP contribution in [-0.2, 0) is 11.3 Å². The van der Waals surface area contributed by atoms with Gasteiger partial charge in [-0.15, -0.1) is 0 Å². The third-order valence-electron chi connectivity index (χ3n) is 5.12. The maximum Gasteiger partial charge on any atom is 0.0863 e. The summed E-state index contributed by atoms with van der Waals surface area (Å²) in [5.74, 6) is 0.513. The molecule has 0 aliphatic carbocycles. The summed E-state index contributed by atoms with van der Waals surface area (Å²) in [5, 5.41) is 3.50. The molecule has 1 aromatic carbocycles. The van der Waals surface area contributed by atoms with E-state index in [4.69, 9.17) is 4.74 Å². The average molecular weight is 258 g/mol. The largest absolute Gasteiger partial charge is 0.371 e. The molecule has 2 atom stereocenters. The summed E-state index contributed by atoms with van der Waals surface area (Å²) in [4.78, 5) is 2.53. The molecule has 0 amide bonds. The van der Waals surface area contributed by atoms with E-state index in [0.29, 0.717) is 5.92 Å². The first-order chi connectivity index (χ1) is 9.28. The van der Waals surface area contributed by atoms with E-state index in [2.05, 4.69) is 35.3 Å². The molecule has 0 spiro atoms. The molecule has 102 valence electrons. The third-order valence-corrected chi connectivity index (χ3v) is 5.12. The van der Waals surface area contributed by atoms with Gasteiger partial charge in [0.2, 0.25) is 0 Å². The van der Waals surface area contributed by atoms with Gasteiger partial charge < -0.3 is 15.0 Å². The molecule has 2 saturated heterocycles. The van der Waals surface area contributed by atoms with Crippen LogP contribution in [0.25, 0.3) is 0 Å². The van der Waals surface area contributed by atoms with E-state index in [9.17, 15) is 0 Å². The van der Waals surface area contributed by atoms with Crippen molar-refractivity contribution in [1.29, 1.82) is 0 Å². The van der Waals surface area contributed by atoms with Gasteiger partial charge in [0.15, 0.2) is 0 Å². The fraction of sp³-hybridized carbons (Fsp3) is 0.625. The maximum atomic E-state index is 6.23. The van der Waals surface area contributed by atoms with Gasteiger partial charge in [0.05, 0.1) is 12.2 Å². The monoisotopic (exact) mass is 258 g/mol. The van der Waals surface area contributed by atoms with E-state index in [0.717, 1.165) is 19.7 Å². The number of benzene rings is 1. The minimum Gasteiger partial charge on any atom is -0.371 e. The number of fused-ring (bicyclic) bond motifs is 3. The second-order valence-electron chi connectivity index (χ2n) is 6.32. The highest BCUT2D eigenvalue weighted by Gasteiger charge is 2.45. The summed E-state index contributed by atoms with van der Waals surface area (Å²) in [6.45, 7) is 7.46. The van der Waals surface area contributed by atoms with Gasteiger partial charge in [-0.05, 0) is 31.4 Å². The predicted octanol–water partition coefficient (Wildman–Crippen LogP) is 2.26. The lowest BCUT2D eigenvalue weighted by molar-refractivity contribution is -0.0515. The number of ether oxygens (including phenoxy) is 1. The third kappa shape index (κ3) is 1.72. The fourth-order valence-corrected chi connectivity index (χ4v) is 3.96. The molecule has 3 heterocycles. The summed E-state index contributed by atoms with van der Waals surface area (Å²) in [7, 11) is 0. The summed E-state index contributed by atoms with van der Waals surface area (Å²) in [6.07, 6.45) is 2.65. The summed E-state index contributed by atoms with van der Waals surface area (Å²) >= 11 is 0. The average Bonchev–Trinajstić information content (AvgIpc) is 3.06. The topological polar surface area (TPSA) is 24.5 Å². The van der Waals surface area contributed by atoms with Crippen molar-refractivity contribution in [2.24, 2.45) is 0 Å². The Hall–Kier alpha value is -1.06. The van der Waals surface area contributed by atoms with Crippen molar-refractivity contribution >= 4 is 5.69 Å². The van der Waals surface area contributed by atoms with E-state index in [1.165, 1.54) is 42.7 Å². The number of nitrogens with one attached hydrogen (secondary N) is 1. The molecule has 3 nitrogen and oxygen atoms in total. The van der Waals surface area contributed by atoms with Crippen molar-refractivity contribution in [3.05, 3.63) is 29.3 Å². The number of anilines is 1. The highest BCUT2D eigenvalue weighted by atomic mass is 16.5. The Labute approximate surface area is 114 Å². The molecule has 0 radical (unpaired) electrons. The first-order valence-electron chi connectivity index (χ1n) is 7.49. The predicted molar refractivity (Wildman–Crippen MR) is 76.7 cm³/mol. The zero-order valence-electron chi connectivity index (χ0n) is 11.6. The molecule has 3 heteroatoms. The minimum absolute atomic E-state index is 0.00334. The van der Waals surface area contributed by atoms with Crippen LogP contribution in [0.15, 0.2) is 18.2 Å². The number of hydrogen-bond donors (Lipinski definition) is 1. The van der Waals surface area contributed by atoms with Crippen LogP contribution in [0, 0.1) is 0 Å². The first-order valence-corrected chi connectivity index (χ1v) is 7.49. The number of rotatable bonds is 1. The number of hydrogen-bond acceptors (Lipinski definition) is 3. The van der Waals surface area contributed by atoms with Crippen LogP contribution in [0.4, 0.5) is 5.69 Å². The van der Waals surface area contributed by atoms with Crippen molar-refractivity contribution in [3.8, 4) is 0 Å². The fourth-order valence-electron chi connectivity index (χ4n) is 3.96. The summed E-state index contributed by atoms with van der Waals surface area (Å²) in [6, 6.07) is 6.82. The Bertz CT molecular complexity index is 496. The highest BCUT2D eigenvalue weighted by molar-refractivity contribution is 5.59. The lowest BCUT2D eigenvalue weighted by atomic mass is 9.81. The quantitative estimate of drug-likeness (QED) is 0.836. The molecule has 0 bridgehead atoms. The second-order valence-corrected chi connectivity index (χ2v) is 6.32. The molecule has 3 aliphatic heterocycles. The molecule has 1 N–H and O–H groups in total. The Morgan fingerprint density at radius 3 is 3.00 bits per heavy atom. The van der Waals surface area contributed by atoms with Gasteiger partial charge >= 0.3 is 0 Å². The van der Waals surface area contributed by atoms with Crippen molar-refractivity contribution < 1.29 is 4.74 Å². The molecule has 1 aromatic rings. The van der Waals surface area contributed by atoms with Crippen LogP contribution < -0.4 is 10.2 Å². The molecule has 4 rings (SSSR count).